The number of piperazine rings is 1. The number of methoxy groups -OCH3 is 1. The van der Waals surface area contributed by atoms with Crippen LogP contribution in [0.5, 0.6) is 17.2 Å². The molecule has 2 N–H and O–H groups in total. The average molecular weight is 800 g/mol. The van der Waals surface area contributed by atoms with Crippen molar-refractivity contribution in [2.24, 2.45) is 5.92 Å². The van der Waals surface area contributed by atoms with Gasteiger partial charge < -0.3 is 29.3 Å². The van der Waals surface area contributed by atoms with E-state index in [0.29, 0.717) is 42.5 Å². The largest absolute Gasteiger partial charge is 0.508 e. The Labute approximate surface area is 343 Å². The van der Waals surface area contributed by atoms with Crippen molar-refractivity contribution < 1.29 is 33.4 Å². The summed E-state index contributed by atoms with van der Waals surface area (Å²) >= 11 is 0. The highest BCUT2D eigenvalue weighted by molar-refractivity contribution is 6.06. The quantitative estimate of drug-likeness (QED) is 0.219. The van der Waals surface area contributed by atoms with Crippen LogP contribution in [0.3, 0.4) is 0 Å². The van der Waals surface area contributed by atoms with E-state index in [0.717, 1.165) is 98.6 Å². The third-order valence-electron chi connectivity index (χ3n) is 13.9. The summed E-state index contributed by atoms with van der Waals surface area (Å²) in [6, 6.07) is 23.0. The number of phenols is 1. The van der Waals surface area contributed by atoms with Crippen molar-refractivity contribution in [3.63, 3.8) is 0 Å². The number of nitrogens with zero attached hydrogens (tertiary/aromatic N) is 4. The van der Waals surface area contributed by atoms with E-state index in [-0.39, 0.29) is 47.7 Å². The van der Waals surface area contributed by atoms with E-state index in [1.54, 1.807) is 24.1 Å². The monoisotopic (exact) mass is 799 g/mol. The first-order valence-electron chi connectivity index (χ1n) is 21.2. The summed E-state index contributed by atoms with van der Waals surface area (Å²) in [6.07, 6.45) is 4.21. The molecular formula is C47H50FN5O6. The first-order chi connectivity index (χ1) is 28.7. The summed E-state index contributed by atoms with van der Waals surface area (Å²) in [7, 11) is 1.67. The Balaban J connectivity index is 0.793. The van der Waals surface area contributed by atoms with E-state index in [1.165, 1.54) is 5.56 Å². The Hall–Kier alpha value is -5.62. The predicted molar refractivity (Wildman–Crippen MR) is 221 cm³/mol. The number of nitrogens with one attached hydrogen (secondary N) is 1. The summed E-state index contributed by atoms with van der Waals surface area (Å²) in [6.45, 7) is 5.96. The van der Waals surface area contributed by atoms with Crippen LogP contribution >= 0.6 is 0 Å². The molecule has 12 heteroatoms. The maximum atomic E-state index is 16.4. The zero-order valence-electron chi connectivity index (χ0n) is 33.4. The van der Waals surface area contributed by atoms with Crippen molar-refractivity contribution in [1.82, 2.24) is 15.1 Å². The third kappa shape index (κ3) is 6.75. The minimum Gasteiger partial charge on any atom is -0.508 e. The van der Waals surface area contributed by atoms with Crippen LogP contribution in [0, 0.1) is 11.7 Å². The first-order valence-corrected chi connectivity index (χ1v) is 21.2. The van der Waals surface area contributed by atoms with E-state index < -0.39 is 11.9 Å². The fraction of sp³-hybridized carbons (Fsp3) is 0.426. The maximum Gasteiger partial charge on any atom is 0.255 e. The van der Waals surface area contributed by atoms with Crippen molar-refractivity contribution in [3.05, 3.63) is 112 Å². The fourth-order valence-electron chi connectivity index (χ4n) is 10.9. The van der Waals surface area contributed by atoms with Crippen molar-refractivity contribution in [3.8, 4) is 17.2 Å². The molecule has 1 aliphatic carbocycles. The van der Waals surface area contributed by atoms with Gasteiger partial charge in [0.2, 0.25) is 11.8 Å². The molecule has 306 valence electrons. The van der Waals surface area contributed by atoms with Crippen molar-refractivity contribution in [1.29, 1.82) is 0 Å². The normalized spacial score (nSPS) is 24.5. The molecule has 59 heavy (non-hydrogen) atoms. The minimum atomic E-state index is -0.659. The van der Waals surface area contributed by atoms with Crippen LogP contribution in [0.1, 0.15) is 82.1 Å². The molecule has 4 atom stereocenters. The lowest BCUT2D eigenvalue weighted by molar-refractivity contribution is -0.136. The number of aromatic hydroxyl groups is 1. The van der Waals surface area contributed by atoms with Gasteiger partial charge in [0.25, 0.3) is 5.91 Å². The number of aryl methyl sites for hydroxylation is 1. The van der Waals surface area contributed by atoms with E-state index in [9.17, 15) is 19.5 Å². The molecule has 0 bridgehead atoms. The second-order valence-electron chi connectivity index (χ2n) is 17.2. The van der Waals surface area contributed by atoms with Crippen LogP contribution in [0.2, 0.25) is 0 Å². The lowest BCUT2D eigenvalue weighted by Gasteiger charge is -2.47. The number of anilines is 2. The number of carbonyl (C=O) groups excluding carboxylic acids is 3. The lowest BCUT2D eigenvalue weighted by atomic mass is 9.69. The number of phenolic OH excluding ortho intramolecular Hbond substituents is 1. The van der Waals surface area contributed by atoms with Gasteiger partial charge in [-0.15, -0.1) is 0 Å². The third-order valence-corrected chi connectivity index (χ3v) is 13.9. The van der Waals surface area contributed by atoms with Gasteiger partial charge in [0.05, 0.1) is 31.1 Å². The molecule has 6 aliphatic rings. The topological polar surface area (TPSA) is 115 Å². The minimum absolute atomic E-state index is 0.116. The highest BCUT2D eigenvalue weighted by atomic mass is 19.1. The van der Waals surface area contributed by atoms with Gasteiger partial charge in [0, 0.05) is 74.4 Å². The number of fused-ring (bicyclic) bond motifs is 6. The van der Waals surface area contributed by atoms with Crippen LogP contribution in [0.4, 0.5) is 15.8 Å². The van der Waals surface area contributed by atoms with Gasteiger partial charge in [-0.2, -0.15) is 0 Å². The molecule has 5 aliphatic heterocycles. The standard InChI is InChI=1S/C47H50FN5O6/c1-58-42-23-41(38(48)22-36(42)44-33(29-5-3-2-4-6-29)9-7-30-21-32(54)8-10-34(30)44)51-17-15-28(16-18-51)24-50-19-20-52-31(25-50)27-59-45-37-26-53(40-13-14-43(55)49-46(40)56)47(57)35(37)11-12-39(45)52/h2-6,8,10-12,21-23,28,31,33,40,44,54H,7,9,13-20,24-27H2,1H3,(H,49,55,56)/t31-,33-,40+,44+/m1/s1. The molecule has 0 aromatic heterocycles. The Morgan fingerprint density at radius 3 is 2.49 bits per heavy atom. The van der Waals surface area contributed by atoms with Crippen molar-refractivity contribution in [2.45, 2.75) is 69.0 Å². The average Bonchev–Trinajstić information content (AvgIpc) is 3.59. The second-order valence-corrected chi connectivity index (χ2v) is 17.2. The van der Waals surface area contributed by atoms with Crippen molar-refractivity contribution in [2.75, 3.05) is 62.8 Å². The molecule has 0 unspecified atom stereocenters. The van der Waals surface area contributed by atoms with Gasteiger partial charge in [0.1, 0.15) is 35.7 Å². The predicted octanol–water partition coefficient (Wildman–Crippen LogP) is 5.96. The summed E-state index contributed by atoms with van der Waals surface area (Å²) < 4.78 is 28.9. The number of rotatable bonds is 7. The van der Waals surface area contributed by atoms with Gasteiger partial charge >= 0.3 is 0 Å². The number of halogens is 1. The number of benzene rings is 4. The van der Waals surface area contributed by atoms with Gasteiger partial charge in [-0.1, -0.05) is 36.4 Å². The van der Waals surface area contributed by atoms with Crippen LogP contribution in [0.15, 0.2) is 72.8 Å². The molecule has 5 heterocycles. The van der Waals surface area contributed by atoms with Gasteiger partial charge in [-0.05, 0) is 91.0 Å². The first kappa shape index (κ1) is 37.6. The Morgan fingerprint density at radius 2 is 1.69 bits per heavy atom. The van der Waals surface area contributed by atoms with E-state index in [2.05, 4.69) is 44.3 Å². The highest BCUT2D eigenvalue weighted by Gasteiger charge is 2.43. The van der Waals surface area contributed by atoms with Crippen LogP contribution in [-0.4, -0.2) is 97.7 Å². The summed E-state index contributed by atoms with van der Waals surface area (Å²) in [5.74, 6) is 1.06. The summed E-state index contributed by atoms with van der Waals surface area (Å²) in [4.78, 5) is 46.4. The van der Waals surface area contributed by atoms with E-state index in [1.807, 2.05) is 36.4 Å². The fourth-order valence-corrected chi connectivity index (χ4v) is 10.9. The number of amides is 3. The van der Waals surface area contributed by atoms with Crippen LogP contribution in [0.25, 0.3) is 0 Å². The number of ether oxygens (including phenoxy) is 2. The molecule has 0 saturated carbocycles. The van der Waals surface area contributed by atoms with Crippen molar-refractivity contribution >= 4 is 29.1 Å². The van der Waals surface area contributed by atoms with E-state index >= 15 is 4.39 Å². The number of piperidine rings is 2. The maximum absolute atomic E-state index is 16.4. The van der Waals surface area contributed by atoms with Crippen LogP contribution in [-0.2, 0) is 22.6 Å². The molecule has 4 aromatic rings. The molecule has 0 radical (unpaired) electrons. The molecule has 3 saturated heterocycles. The summed E-state index contributed by atoms with van der Waals surface area (Å²) in [5, 5.41) is 12.7. The van der Waals surface area contributed by atoms with Gasteiger partial charge in [-0.25, -0.2) is 4.39 Å². The number of carbonyl (C=O) groups is 3. The lowest BCUT2D eigenvalue weighted by Crippen LogP contribution is -2.58. The molecule has 10 rings (SSSR count). The molecule has 3 amide bonds. The molecule has 11 nitrogen and oxygen atoms in total. The molecule has 3 fully saturated rings. The SMILES string of the molecule is COc1cc(N2CCC(CN3CCN4c5ccc6c(c5OC[C@H]4C3)CN([C@H]3CCC(=O)NC3=O)C6=O)CC2)c(F)cc1[C@@H]1c2ccc(O)cc2CC[C@@H]1c1ccccc1. The zero-order chi connectivity index (χ0) is 40.4. The summed E-state index contributed by atoms with van der Waals surface area (Å²) in [5.41, 5.74) is 7.23. The molecule has 4 aromatic carbocycles. The van der Waals surface area contributed by atoms with E-state index in [4.69, 9.17) is 9.47 Å². The Morgan fingerprint density at radius 1 is 0.864 bits per heavy atom. The smallest absolute Gasteiger partial charge is 0.255 e. The van der Waals surface area contributed by atoms with Gasteiger partial charge in [0.15, 0.2) is 0 Å². The Kier molecular flexibility index (Phi) is 9.70. The Bertz CT molecular complexity index is 2310. The number of imide groups is 1. The number of hydrogen-bond donors (Lipinski definition) is 2. The second kappa shape index (κ2) is 15.2. The molecule has 0 spiro atoms. The number of hydrogen-bond acceptors (Lipinski definition) is 9. The molecular weight excluding hydrogens is 750 g/mol. The zero-order valence-corrected chi connectivity index (χ0v) is 33.4. The highest BCUT2D eigenvalue weighted by Crippen LogP contribution is 2.50. The van der Waals surface area contributed by atoms with Crippen LogP contribution < -0.4 is 24.6 Å². The van der Waals surface area contributed by atoms with Gasteiger partial charge in [-0.3, -0.25) is 24.6 Å².